The maximum absolute atomic E-state index is 13.6. The van der Waals surface area contributed by atoms with Crippen LogP contribution in [-0.4, -0.2) is 88.4 Å². The van der Waals surface area contributed by atoms with Gasteiger partial charge in [0.25, 0.3) is 11.8 Å². The van der Waals surface area contributed by atoms with E-state index in [-0.39, 0.29) is 67.8 Å². The van der Waals surface area contributed by atoms with Gasteiger partial charge in [-0.25, -0.2) is 13.2 Å². The molecule has 2 aliphatic heterocycles. The number of ether oxygens (including phenoxy) is 2. The van der Waals surface area contributed by atoms with Crippen LogP contribution in [0.1, 0.15) is 46.5 Å². The highest BCUT2D eigenvalue weighted by molar-refractivity contribution is 7.91. The summed E-state index contributed by atoms with van der Waals surface area (Å²) in [6, 6.07) is 13.8. The Hall–Kier alpha value is -4.51. The quantitative estimate of drug-likeness (QED) is 0.212. The Labute approximate surface area is 272 Å². The van der Waals surface area contributed by atoms with Crippen molar-refractivity contribution in [2.75, 3.05) is 39.4 Å². The topological polar surface area (TPSA) is 166 Å². The fraction of sp³-hybridized carbons (Fsp3) is 0.323. The third-order valence-corrected chi connectivity index (χ3v) is 10.6. The lowest BCUT2D eigenvalue weighted by molar-refractivity contribution is -0.0910. The van der Waals surface area contributed by atoms with E-state index in [9.17, 15) is 31.2 Å². The Bertz CT molecular complexity index is 1920. The van der Waals surface area contributed by atoms with Crippen LogP contribution >= 0.6 is 0 Å². The van der Waals surface area contributed by atoms with Gasteiger partial charge in [0.05, 0.1) is 24.3 Å². The molecule has 47 heavy (non-hydrogen) atoms. The lowest BCUT2D eigenvalue weighted by atomic mass is 10.1. The van der Waals surface area contributed by atoms with Crippen LogP contribution in [0, 0.1) is 6.92 Å². The van der Waals surface area contributed by atoms with Gasteiger partial charge in [0.1, 0.15) is 27.0 Å². The summed E-state index contributed by atoms with van der Waals surface area (Å²) in [6.07, 6.45) is 0.0260. The molecule has 14 nitrogen and oxygen atoms in total. The van der Waals surface area contributed by atoms with Crippen LogP contribution in [0.15, 0.2) is 70.5 Å². The van der Waals surface area contributed by atoms with E-state index in [0.717, 1.165) is 10.4 Å². The molecule has 5 rings (SSSR count). The SMILES string of the molecule is CCCON1C(=O)c2cccc(Oc3cc(C)cc(OS(=O)(=O)c4ccccc4S(=O)(=O)N4CCN(C(=O)OCC)CC4)c3)c2C1=O. The largest absolute Gasteiger partial charge is 0.456 e. The minimum atomic E-state index is -4.71. The Balaban J connectivity index is 1.38. The molecular formula is C31H33N3O11S2. The van der Waals surface area contributed by atoms with Crippen LogP contribution in [0.3, 0.4) is 0 Å². The van der Waals surface area contributed by atoms with E-state index >= 15 is 0 Å². The number of nitrogens with zero attached hydrogens (tertiary/aromatic N) is 3. The normalized spacial score (nSPS) is 15.5. The number of piperazine rings is 1. The highest BCUT2D eigenvalue weighted by Crippen LogP contribution is 2.36. The van der Waals surface area contributed by atoms with E-state index in [1.807, 2.05) is 6.92 Å². The minimum Gasteiger partial charge on any atom is -0.456 e. The number of sulfonamides is 1. The van der Waals surface area contributed by atoms with E-state index in [2.05, 4.69) is 0 Å². The molecule has 0 unspecified atom stereocenters. The van der Waals surface area contributed by atoms with Gasteiger partial charge in [-0.3, -0.25) is 14.4 Å². The van der Waals surface area contributed by atoms with E-state index in [1.54, 1.807) is 19.9 Å². The molecule has 3 aromatic carbocycles. The first-order chi connectivity index (χ1) is 22.4. The molecule has 3 amide bonds. The van der Waals surface area contributed by atoms with E-state index in [1.165, 1.54) is 53.4 Å². The summed E-state index contributed by atoms with van der Waals surface area (Å²) in [4.78, 5) is 43.5. The number of hydrogen-bond donors (Lipinski definition) is 0. The Morgan fingerprint density at radius 2 is 1.51 bits per heavy atom. The summed E-state index contributed by atoms with van der Waals surface area (Å²) < 4.78 is 71.9. The second kappa shape index (κ2) is 13.7. The lowest BCUT2D eigenvalue weighted by Gasteiger charge is -2.33. The Morgan fingerprint density at radius 1 is 0.830 bits per heavy atom. The molecule has 2 heterocycles. The molecule has 1 fully saturated rings. The number of amides is 3. The number of benzene rings is 3. The molecule has 0 atom stereocenters. The predicted octanol–water partition coefficient (Wildman–Crippen LogP) is 3.96. The van der Waals surface area contributed by atoms with Gasteiger partial charge in [-0.1, -0.05) is 25.1 Å². The number of aryl methyl sites for hydroxylation is 1. The van der Waals surface area contributed by atoms with E-state index < -0.39 is 47.8 Å². The molecule has 2 aliphatic rings. The summed E-state index contributed by atoms with van der Waals surface area (Å²) in [5.41, 5.74) is 0.610. The lowest BCUT2D eigenvalue weighted by Crippen LogP contribution is -2.50. The van der Waals surface area contributed by atoms with Gasteiger partial charge in [-0.05, 0) is 62.2 Å². The van der Waals surface area contributed by atoms with Crippen LogP contribution in [0.4, 0.5) is 4.79 Å². The molecule has 0 aliphatic carbocycles. The fourth-order valence-electron chi connectivity index (χ4n) is 5.07. The van der Waals surface area contributed by atoms with Crippen molar-refractivity contribution in [1.82, 2.24) is 14.3 Å². The molecule has 0 N–H and O–H groups in total. The average Bonchev–Trinajstić information content (AvgIpc) is 3.28. The third-order valence-electron chi connectivity index (χ3n) is 7.22. The number of carbonyl (C=O) groups is 3. The van der Waals surface area contributed by atoms with Crippen LogP contribution in [0.5, 0.6) is 17.2 Å². The molecule has 3 aromatic rings. The van der Waals surface area contributed by atoms with Gasteiger partial charge in [0.15, 0.2) is 0 Å². The second-order valence-electron chi connectivity index (χ2n) is 10.6. The first-order valence-corrected chi connectivity index (χ1v) is 17.6. The molecular weight excluding hydrogens is 654 g/mol. The molecule has 0 spiro atoms. The predicted molar refractivity (Wildman–Crippen MR) is 166 cm³/mol. The molecule has 16 heteroatoms. The van der Waals surface area contributed by atoms with E-state index in [0.29, 0.717) is 17.0 Å². The monoisotopic (exact) mass is 687 g/mol. The average molecular weight is 688 g/mol. The summed E-state index contributed by atoms with van der Waals surface area (Å²) in [5.74, 6) is -1.36. The number of fused-ring (bicyclic) bond motifs is 1. The minimum absolute atomic E-state index is 0.00702. The van der Waals surface area contributed by atoms with Crippen molar-refractivity contribution < 1.29 is 49.7 Å². The maximum atomic E-state index is 13.6. The molecule has 0 radical (unpaired) electrons. The smallest absolute Gasteiger partial charge is 0.409 e. The second-order valence-corrected chi connectivity index (χ2v) is 14.0. The van der Waals surface area contributed by atoms with Crippen molar-refractivity contribution in [3.8, 4) is 17.2 Å². The van der Waals surface area contributed by atoms with Gasteiger partial charge in [0.2, 0.25) is 10.0 Å². The summed E-state index contributed by atoms with van der Waals surface area (Å²) >= 11 is 0. The van der Waals surface area contributed by atoms with Crippen molar-refractivity contribution in [3.05, 3.63) is 77.4 Å². The number of hydrogen-bond acceptors (Lipinski definition) is 11. The zero-order valence-corrected chi connectivity index (χ0v) is 27.5. The first kappa shape index (κ1) is 33.8. The van der Waals surface area contributed by atoms with Crippen LogP contribution in [0.2, 0.25) is 0 Å². The molecule has 1 saturated heterocycles. The molecule has 0 bridgehead atoms. The number of hydroxylamine groups is 2. The highest BCUT2D eigenvalue weighted by Gasteiger charge is 2.40. The van der Waals surface area contributed by atoms with Crippen LogP contribution < -0.4 is 8.92 Å². The highest BCUT2D eigenvalue weighted by atomic mass is 32.2. The Kier molecular flexibility index (Phi) is 9.86. The van der Waals surface area contributed by atoms with Crippen LogP contribution in [-0.2, 0) is 29.7 Å². The summed E-state index contributed by atoms with van der Waals surface area (Å²) in [5, 5.41) is 0.685. The zero-order chi connectivity index (χ0) is 33.9. The van der Waals surface area contributed by atoms with Crippen LogP contribution in [0.25, 0.3) is 0 Å². The third kappa shape index (κ3) is 6.95. The Morgan fingerprint density at radius 3 is 2.19 bits per heavy atom. The first-order valence-electron chi connectivity index (χ1n) is 14.8. The zero-order valence-electron chi connectivity index (χ0n) is 25.9. The van der Waals surface area contributed by atoms with Gasteiger partial charge in [-0.15, -0.1) is 5.06 Å². The number of imide groups is 1. The summed E-state index contributed by atoms with van der Waals surface area (Å²) in [7, 11) is -9.03. The van der Waals surface area contributed by atoms with Gasteiger partial charge in [0, 0.05) is 32.2 Å². The van der Waals surface area contributed by atoms with Gasteiger partial charge < -0.3 is 18.6 Å². The van der Waals surface area contributed by atoms with Crippen molar-refractivity contribution in [2.24, 2.45) is 0 Å². The maximum Gasteiger partial charge on any atom is 0.409 e. The molecule has 0 aromatic heterocycles. The molecule has 250 valence electrons. The summed E-state index contributed by atoms with van der Waals surface area (Å²) in [6.45, 7) is 5.52. The molecule has 0 saturated carbocycles. The van der Waals surface area contributed by atoms with Gasteiger partial charge in [-0.2, -0.15) is 12.7 Å². The van der Waals surface area contributed by atoms with Crippen molar-refractivity contribution >= 4 is 38.0 Å². The number of rotatable bonds is 11. The van der Waals surface area contributed by atoms with Crippen molar-refractivity contribution in [1.29, 1.82) is 0 Å². The van der Waals surface area contributed by atoms with Crippen molar-refractivity contribution in [3.63, 3.8) is 0 Å². The van der Waals surface area contributed by atoms with E-state index in [4.69, 9.17) is 18.5 Å². The van der Waals surface area contributed by atoms with Gasteiger partial charge >= 0.3 is 16.2 Å². The fourth-order valence-corrected chi connectivity index (χ4v) is 8.19. The standard InChI is InChI=1S/C31H33N3O11S2/c1-4-17-43-34-29(35)24-9-8-10-25(28(24)30(34)36)44-22-18-21(3)19-23(20-22)45-47(40,41)27-12-7-6-11-26(27)46(38,39)33-15-13-32(14-16-33)31(37)42-5-2/h6-12,18-20H,4-5,13-17H2,1-3H3. The number of carbonyl (C=O) groups excluding carboxylic acids is 3. The van der Waals surface area contributed by atoms with Crippen molar-refractivity contribution in [2.45, 2.75) is 37.0 Å².